The molecule has 108 valence electrons. The van der Waals surface area contributed by atoms with Crippen LogP contribution in [-0.2, 0) is 0 Å². The Labute approximate surface area is 131 Å². The van der Waals surface area contributed by atoms with Gasteiger partial charge in [0, 0.05) is 35.8 Å². The average Bonchev–Trinajstić information content (AvgIpc) is 3.05. The van der Waals surface area contributed by atoms with Crippen LogP contribution in [-0.4, -0.2) is 33.8 Å². The summed E-state index contributed by atoms with van der Waals surface area (Å²) in [5.41, 5.74) is 2.40. The Morgan fingerprint density at radius 2 is 2.29 bits per heavy atom. The molecule has 0 aliphatic carbocycles. The fourth-order valence-electron chi connectivity index (χ4n) is 2.06. The van der Waals surface area contributed by atoms with Crippen molar-refractivity contribution in [2.75, 3.05) is 13.6 Å². The first kappa shape index (κ1) is 14.1. The van der Waals surface area contributed by atoms with Crippen LogP contribution in [0.2, 0.25) is 5.02 Å². The van der Waals surface area contributed by atoms with Crippen molar-refractivity contribution in [3.05, 3.63) is 46.6 Å². The Morgan fingerprint density at radius 3 is 3.00 bits per heavy atom. The van der Waals surface area contributed by atoms with E-state index in [9.17, 15) is 4.79 Å². The highest BCUT2D eigenvalue weighted by Gasteiger charge is 2.17. The smallest absolute Gasteiger partial charge is 0.271 e. The van der Waals surface area contributed by atoms with Crippen molar-refractivity contribution in [2.45, 2.75) is 6.92 Å². The van der Waals surface area contributed by atoms with Gasteiger partial charge in [-0.25, -0.2) is 4.98 Å². The number of rotatable bonds is 3. The third-order valence-corrected chi connectivity index (χ3v) is 4.44. The quantitative estimate of drug-likeness (QED) is 0.736. The maximum Gasteiger partial charge on any atom is 0.271 e. The van der Waals surface area contributed by atoms with Gasteiger partial charge in [0.15, 0.2) is 4.96 Å². The summed E-state index contributed by atoms with van der Waals surface area (Å²) in [6, 6.07) is 7.54. The van der Waals surface area contributed by atoms with Crippen molar-refractivity contribution >= 4 is 33.8 Å². The summed E-state index contributed by atoms with van der Waals surface area (Å²) in [6.07, 6.45) is 1.88. The summed E-state index contributed by atoms with van der Waals surface area (Å²) >= 11 is 7.48. The zero-order chi connectivity index (χ0) is 15.0. The number of halogens is 1. The van der Waals surface area contributed by atoms with Gasteiger partial charge in [0.2, 0.25) is 0 Å². The molecule has 0 radical (unpaired) electrons. The van der Waals surface area contributed by atoms with E-state index in [2.05, 4.69) is 4.98 Å². The van der Waals surface area contributed by atoms with E-state index in [1.54, 1.807) is 11.9 Å². The second-order valence-corrected chi connectivity index (χ2v) is 6.00. The lowest BCUT2D eigenvalue weighted by atomic mass is 10.2. The zero-order valence-electron chi connectivity index (χ0n) is 11.7. The molecule has 4 nitrogen and oxygen atoms in total. The molecule has 1 aromatic carbocycles. The number of thiazole rings is 1. The van der Waals surface area contributed by atoms with Crippen LogP contribution in [0, 0.1) is 0 Å². The second-order valence-electron chi connectivity index (χ2n) is 4.73. The number of carbonyl (C=O) groups is 1. The molecule has 2 heterocycles. The van der Waals surface area contributed by atoms with Gasteiger partial charge in [-0.3, -0.25) is 9.20 Å². The maximum atomic E-state index is 12.3. The van der Waals surface area contributed by atoms with Crippen molar-refractivity contribution in [3.8, 4) is 11.3 Å². The molecule has 0 saturated carbocycles. The minimum Gasteiger partial charge on any atom is -0.341 e. The van der Waals surface area contributed by atoms with E-state index in [4.69, 9.17) is 11.6 Å². The summed E-state index contributed by atoms with van der Waals surface area (Å²) in [7, 11) is 1.79. The number of imidazole rings is 1. The number of carbonyl (C=O) groups excluding carboxylic acids is 1. The first-order valence-electron chi connectivity index (χ1n) is 6.58. The Bertz CT molecular complexity index is 808. The predicted molar refractivity (Wildman–Crippen MR) is 86.1 cm³/mol. The lowest BCUT2D eigenvalue weighted by molar-refractivity contribution is 0.0796. The largest absolute Gasteiger partial charge is 0.341 e. The van der Waals surface area contributed by atoms with Gasteiger partial charge < -0.3 is 4.90 Å². The maximum absolute atomic E-state index is 12.3. The van der Waals surface area contributed by atoms with Crippen LogP contribution < -0.4 is 0 Å². The lowest BCUT2D eigenvalue weighted by Gasteiger charge is -2.13. The number of fused-ring (bicyclic) bond motifs is 1. The molecule has 0 aliphatic heterocycles. The zero-order valence-corrected chi connectivity index (χ0v) is 13.3. The van der Waals surface area contributed by atoms with E-state index in [-0.39, 0.29) is 5.91 Å². The summed E-state index contributed by atoms with van der Waals surface area (Å²) in [5, 5.41) is 2.52. The molecule has 0 bridgehead atoms. The van der Waals surface area contributed by atoms with Crippen LogP contribution in [0.1, 0.15) is 17.4 Å². The molecule has 0 aliphatic rings. The van der Waals surface area contributed by atoms with Crippen molar-refractivity contribution in [3.63, 3.8) is 0 Å². The van der Waals surface area contributed by atoms with Crippen molar-refractivity contribution in [1.82, 2.24) is 14.3 Å². The molecule has 0 spiro atoms. The Hall–Kier alpha value is -1.85. The van der Waals surface area contributed by atoms with Gasteiger partial charge in [-0.05, 0) is 19.1 Å². The summed E-state index contributed by atoms with van der Waals surface area (Å²) < 4.78 is 1.84. The van der Waals surface area contributed by atoms with Crippen LogP contribution in [0.25, 0.3) is 16.2 Å². The number of aromatic nitrogens is 2. The molecule has 3 rings (SSSR count). The molecular weight excluding hydrogens is 306 g/mol. The molecule has 2 aromatic heterocycles. The fourth-order valence-corrected chi connectivity index (χ4v) is 3.10. The first-order valence-corrected chi connectivity index (χ1v) is 7.84. The van der Waals surface area contributed by atoms with Crippen LogP contribution in [0.15, 0.2) is 35.8 Å². The fraction of sp³-hybridized carbons (Fsp3) is 0.200. The molecule has 6 heteroatoms. The van der Waals surface area contributed by atoms with Gasteiger partial charge in [0.1, 0.15) is 5.69 Å². The molecule has 0 unspecified atom stereocenters. The summed E-state index contributed by atoms with van der Waals surface area (Å²) in [6.45, 7) is 2.62. The van der Waals surface area contributed by atoms with Crippen molar-refractivity contribution < 1.29 is 4.79 Å². The van der Waals surface area contributed by atoms with Gasteiger partial charge in [-0.15, -0.1) is 11.3 Å². The number of hydrogen-bond acceptors (Lipinski definition) is 3. The second kappa shape index (κ2) is 5.50. The number of amides is 1. The molecule has 1 amide bonds. The predicted octanol–water partition coefficient (Wildman–Crippen LogP) is 3.81. The summed E-state index contributed by atoms with van der Waals surface area (Å²) in [5.74, 6) is -0.00112. The minimum absolute atomic E-state index is 0.00112. The first-order chi connectivity index (χ1) is 10.1. The van der Waals surface area contributed by atoms with E-state index in [1.807, 2.05) is 47.2 Å². The number of nitrogens with zero attached hydrogens (tertiary/aromatic N) is 3. The van der Waals surface area contributed by atoms with Gasteiger partial charge in [0.05, 0.1) is 5.69 Å². The Morgan fingerprint density at radius 1 is 1.48 bits per heavy atom. The van der Waals surface area contributed by atoms with Crippen LogP contribution in [0.4, 0.5) is 0 Å². The third-order valence-electron chi connectivity index (χ3n) is 3.37. The van der Waals surface area contributed by atoms with Gasteiger partial charge in [-0.1, -0.05) is 23.7 Å². The topological polar surface area (TPSA) is 37.6 Å². The third kappa shape index (κ3) is 2.54. The molecule has 0 saturated heterocycles. The van der Waals surface area contributed by atoms with Crippen LogP contribution in [0.5, 0.6) is 0 Å². The van der Waals surface area contributed by atoms with Gasteiger partial charge in [0.25, 0.3) is 5.91 Å². The van der Waals surface area contributed by atoms with E-state index < -0.39 is 0 Å². The van der Waals surface area contributed by atoms with E-state index in [1.165, 1.54) is 11.3 Å². The van der Waals surface area contributed by atoms with E-state index in [0.717, 1.165) is 16.2 Å². The monoisotopic (exact) mass is 319 g/mol. The highest BCUT2D eigenvalue weighted by molar-refractivity contribution is 7.15. The van der Waals surface area contributed by atoms with Crippen LogP contribution >= 0.6 is 22.9 Å². The molecule has 0 fully saturated rings. The highest BCUT2D eigenvalue weighted by atomic mass is 35.5. The van der Waals surface area contributed by atoms with Crippen molar-refractivity contribution in [2.24, 2.45) is 0 Å². The minimum atomic E-state index is -0.00112. The SMILES string of the molecule is CCN(C)C(=O)c1csc2nc(-c3cccc(Cl)c3)cn12. The number of hydrogen-bond donors (Lipinski definition) is 0. The lowest BCUT2D eigenvalue weighted by Crippen LogP contribution is -2.27. The summed E-state index contributed by atoms with van der Waals surface area (Å²) in [4.78, 5) is 19.4. The molecule has 0 atom stereocenters. The van der Waals surface area contributed by atoms with E-state index in [0.29, 0.717) is 17.3 Å². The number of benzene rings is 1. The average molecular weight is 320 g/mol. The molecule has 21 heavy (non-hydrogen) atoms. The molecule has 3 aromatic rings. The van der Waals surface area contributed by atoms with Crippen molar-refractivity contribution in [1.29, 1.82) is 0 Å². The van der Waals surface area contributed by atoms with Gasteiger partial charge in [-0.2, -0.15) is 0 Å². The standard InChI is InChI=1S/C15H14ClN3OS/c1-3-18(2)14(20)13-9-21-15-17-12(8-19(13)15)10-5-4-6-11(16)7-10/h4-9H,3H2,1-2H3. The highest BCUT2D eigenvalue weighted by Crippen LogP contribution is 2.25. The molecule has 0 N–H and O–H groups in total. The molecular formula is C15H14ClN3OS. The van der Waals surface area contributed by atoms with Crippen LogP contribution in [0.3, 0.4) is 0 Å². The normalized spacial score (nSPS) is 11.0. The van der Waals surface area contributed by atoms with Gasteiger partial charge >= 0.3 is 0 Å². The van der Waals surface area contributed by atoms with E-state index >= 15 is 0 Å². The Balaban J connectivity index is 2.06. The Kier molecular flexibility index (Phi) is 3.69.